The van der Waals surface area contributed by atoms with Crippen LogP contribution in [0.1, 0.15) is 11.3 Å². The first kappa shape index (κ1) is 19.8. The second-order valence-electron chi connectivity index (χ2n) is 6.05. The van der Waals surface area contributed by atoms with Crippen molar-refractivity contribution in [3.63, 3.8) is 0 Å². The molecule has 0 fully saturated rings. The Labute approximate surface area is 165 Å². The smallest absolute Gasteiger partial charge is 0.387 e. The van der Waals surface area contributed by atoms with Crippen LogP contribution in [-0.2, 0) is 6.42 Å². The highest BCUT2D eigenvalue weighted by Gasteiger charge is 2.08. The fourth-order valence-corrected chi connectivity index (χ4v) is 3.34. The van der Waals surface area contributed by atoms with E-state index in [9.17, 15) is 13.6 Å². The van der Waals surface area contributed by atoms with Gasteiger partial charge in [-0.2, -0.15) is 8.78 Å². The van der Waals surface area contributed by atoms with Gasteiger partial charge in [-0.1, -0.05) is 35.9 Å². The normalized spacial score (nSPS) is 10.7. The molecule has 2 aromatic carbocycles. The molecule has 1 aromatic heterocycles. The lowest BCUT2D eigenvalue weighted by Gasteiger charge is -2.09. The van der Waals surface area contributed by atoms with Gasteiger partial charge in [0, 0.05) is 35.7 Å². The van der Waals surface area contributed by atoms with Crippen LogP contribution in [0.2, 0.25) is 0 Å². The number of alkyl halides is 2. The van der Waals surface area contributed by atoms with Crippen molar-refractivity contribution in [3.05, 3.63) is 65.2 Å². The van der Waals surface area contributed by atoms with E-state index in [1.54, 1.807) is 17.4 Å². The van der Waals surface area contributed by atoms with Crippen molar-refractivity contribution in [2.75, 3.05) is 11.9 Å². The SMILES string of the molecule is Cc1ccc(-c2nc(CCNC(=O)Nc3cccc(OC(F)F)c3)cs2)cc1. The van der Waals surface area contributed by atoms with Crippen LogP contribution in [0.15, 0.2) is 53.9 Å². The summed E-state index contributed by atoms with van der Waals surface area (Å²) in [4.78, 5) is 16.6. The first-order valence-corrected chi connectivity index (χ1v) is 9.49. The molecule has 0 unspecified atom stereocenters. The number of nitrogens with one attached hydrogen (secondary N) is 2. The molecule has 0 aliphatic rings. The Hall–Kier alpha value is -3.00. The Balaban J connectivity index is 1.47. The van der Waals surface area contributed by atoms with E-state index in [1.807, 2.05) is 36.6 Å². The molecular weight excluding hydrogens is 384 g/mol. The lowest BCUT2D eigenvalue weighted by atomic mass is 10.2. The number of halogens is 2. The number of urea groups is 1. The van der Waals surface area contributed by atoms with E-state index in [4.69, 9.17) is 0 Å². The van der Waals surface area contributed by atoms with E-state index in [-0.39, 0.29) is 5.75 Å². The summed E-state index contributed by atoms with van der Waals surface area (Å²) >= 11 is 1.56. The monoisotopic (exact) mass is 403 g/mol. The van der Waals surface area contributed by atoms with Gasteiger partial charge >= 0.3 is 12.6 Å². The Morgan fingerprint density at radius 1 is 1.21 bits per heavy atom. The quantitative estimate of drug-likeness (QED) is 0.578. The van der Waals surface area contributed by atoms with Gasteiger partial charge in [-0.25, -0.2) is 9.78 Å². The molecule has 5 nitrogen and oxygen atoms in total. The number of hydrogen-bond acceptors (Lipinski definition) is 4. The van der Waals surface area contributed by atoms with Crippen molar-refractivity contribution >= 4 is 23.1 Å². The predicted molar refractivity (Wildman–Crippen MR) is 106 cm³/mol. The Bertz CT molecular complexity index is 929. The number of hydrogen-bond donors (Lipinski definition) is 2. The average molecular weight is 403 g/mol. The van der Waals surface area contributed by atoms with Crippen LogP contribution in [0.4, 0.5) is 19.3 Å². The number of benzene rings is 2. The number of thiazole rings is 1. The lowest BCUT2D eigenvalue weighted by molar-refractivity contribution is -0.0497. The van der Waals surface area contributed by atoms with Crippen LogP contribution < -0.4 is 15.4 Å². The number of amides is 2. The molecule has 28 heavy (non-hydrogen) atoms. The number of nitrogens with zero attached hydrogens (tertiary/aromatic N) is 1. The van der Waals surface area contributed by atoms with Crippen LogP contribution in [0, 0.1) is 6.92 Å². The summed E-state index contributed by atoms with van der Waals surface area (Å²) in [5, 5.41) is 8.22. The molecule has 2 amide bonds. The molecule has 0 bridgehead atoms. The van der Waals surface area contributed by atoms with Gasteiger partial charge in [-0.05, 0) is 19.1 Å². The van der Waals surface area contributed by atoms with Crippen LogP contribution in [0.3, 0.4) is 0 Å². The molecule has 0 aliphatic heterocycles. The maximum absolute atomic E-state index is 12.2. The molecular formula is C20H19F2N3O2S. The fraction of sp³-hybridized carbons (Fsp3) is 0.200. The molecule has 8 heteroatoms. The van der Waals surface area contributed by atoms with Crippen LogP contribution >= 0.6 is 11.3 Å². The highest BCUT2D eigenvalue weighted by atomic mass is 32.1. The molecule has 0 saturated carbocycles. The molecule has 146 valence electrons. The molecule has 0 atom stereocenters. The highest BCUT2D eigenvalue weighted by molar-refractivity contribution is 7.13. The minimum atomic E-state index is -2.91. The van der Waals surface area contributed by atoms with Crippen LogP contribution in [0.5, 0.6) is 5.75 Å². The zero-order valence-electron chi connectivity index (χ0n) is 15.1. The standard InChI is InChI=1S/C20H19F2N3O2S/c1-13-5-7-14(8-6-13)18-24-16(12-28-18)9-10-23-20(26)25-15-3-2-4-17(11-15)27-19(21)22/h2-8,11-12,19H,9-10H2,1H3,(H2,23,25,26). The highest BCUT2D eigenvalue weighted by Crippen LogP contribution is 2.24. The molecule has 0 saturated heterocycles. The molecule has 3 aromatic rings. The van der Waals surface area contributed by atoms with Crippen molar-refractivity contribution in [1.82, 2.24) is 10.3 Å². The van der Waals surface area contributed by atoms with Gasteiger partial charge < -0.3 is 15.4 Å². The third-order valence-corrected chi connectivity index (χ3v) is 4.77. The first-order valence-electron chi connectivity index (χ1n) is 8.61. The minimum absolute atomic E-state index is 0.0149. The van der Waals surface area contributed by atoms with E-state index in [1.165, 1.54) is 23.8 Å². The molecule has 3 rings (SSSR count). The number of aryl methyl sites for hydroxylation is 1. The topological polar surface area (TPSA) is 63.2 Å². The van der Waals surface area contributed by atoms with E-state index in [2.05, 4.69) is 20.4 Å². The second-order valence-corrected chi connectivity index (χ2v) is 6.91. The van der Waals surface area contributed by atoms with Crippen LogP contribution in [-0.4, -0.2) is 24.2 Å². The van der Waals surface area contributed by atoms with Gasteiger partial charge in [-0.3, -0.25) is 0 Å². The number of aromatic nitrogens is 1. The van der Waals surface area contributed by atoms with Crippen LogP contribution in [0.25, 0.3) is 10.6 Å². The van der Waals surface area contributed by atoms with Crippen molar-refractivity contribution in [2.24, 2.45) is 0 Å². The summed E-state index contributed by atoms with van der Waals surface area (Å²) in [7, 11) is 0. The maximum atomic E-state index is 12.2. The van der Waals surface area contributed by atoms with Crippen molar-refractivity contribution in [1.29, 1.82) is 0 Å². The Kier molecular flexibility index (Phi) is 6.54. The molecule has 0 spiro atoms. The average Bonchev–Trinajstić information content (AvgIpc) is 3.11. The molecule has 0 radical (unpaired) electrons. The van der Waals surface area contributed by atoms with Gasteiger partial charge in [0.2, 0.25) is 0 Å². The summed E-state index contributed by atoms with van der Waals surface area (Å²) in [6.07, 6.45) is 0.588. The summed E-state index contributed by atoms with van der Waals surface area (Å²) in [5.41, 5.74) is 3.53. The maximum Gasteiger partial charge on any atom is 0.387 e. The van der Waals surface area contributed by atoms with Crippen molar-refractivity contribution in [3.8, 4) is 16.3 Å². The second kappa shape index (κ2) is 9.27. The number of rotatable bonds is 7. The zero-order chi connectivity index (χ0) is 19.9. The van der Waals surface area contributed by atoms with E-state index >= 15 is 0 Å². The Morgan fingerprint density at radius 2 is 2.00 bits per heavy atom. The number of ether oxygens (including phenoxy) is 1. The summed E-state index contributed by atoms with van der Waals surface area (Å²) in [6, 6.07) is 13.6. The van der Waals surface area contributed by atoms with Gasteiger partial charge in [0.25, 0.3) is 0 Å². The van der Waals surface area contributed by atoms with E-state index in [0.29, 0.717) is 18.7 Å². The van der Waals surface area contributed by atoms with Gasteiger partial charge in [0.15, 0.2) is 0 Å². The van der Waals surface area contributed by atoms with Gasteiger partial charge in [-0.15, -0.1) is 11.3 Å². The summed E-state index contributed by atoms with van der Waals surface area (Å²) in [6.45, 7) is -0.474. The summed E-state index contributed by atoms with van der Waals surface area (Å²) in [5.74, 6) is -0.0149. The third kappa shape index (κ3) is 5.75. The third-order valence-electron chi connectivity index (χ3n) is 3.83. The first-order chi connectivity index (χ1) is 13.5. The van der Waals surface area contributed by atoms with E-state index < -0.39 is 12.6 Å². The van der Waals surface area contributed by atoms with Gasteiger partial charge in [0.1, 0.15) is 10.8 Å². The number of anilines is 1. The number of carbonyl (C=O) groups is 1. The lowest BCUT2D eigenvalue weighted by Crippen LogP contribution is -2.30. The largest absolute Gasteiger partial charge is 0.435 e. The molecule has 2 N–H and O–H groups in total. The van der Waals surface area contributed by atoms with Gasteiger partial charge in [0.05, 0.1) is 5.69 Å². The number of carbonyl (C=O) groups excluding carboxylic acids is 1. The minimum Gasteiger partial charge on any atom is -0.435 e. The Morgan fingerprint density at radius 3 is 2.75 bits per heavy atom. The predicted octanol–water partition coefficient (Wildman–Crippen LogP) is 5.08. The molecule has 0 aliphatic carbocycles. The van der Waals surface area contributed by atoms with E-state index in [0.717, 1.165) is 16.3 Å². The zero-order valence-corrected chi connectivity index (χ0v) is 15.9. The van der Waals surface area contributed by atoms with Crippen molar-refractivity contribution < 1.29 is 18.3 Å². The summed E-state index contributed by atoms with van der Waals surface area (Å²) < 4.78 is 28.8. The van der Waals surface area contributed by atoms with Crippen molar-refractivity contribution in [2.45, 2.75) is 20.0 Å². The fourth-order valence-electron chi connectivity index (χ4n) is 2.48. The molecule has 1 heterocycles.